The highest BCUT2D eigenvalue weighted by atomic mass is 35.5. The molecule has 0 aromatic heterocycles. The number of hydrogen-bond donors (Lipinski definition) is 1. The molecule has 1 heterocycles. The third kappa shape index (κ3) is 2.97. The highest BCUT2D eigenvalue weighted by Gasteiger charge is 2.20. The van der Waals surface area contributed by atoms with Gasteiger partial charge >= 0.3 is 0 Å². The number of morpholine rings is 1. The van der Waals surface area contributed by atoms with E-state index in [-0.39, 0.29) is 24.4 Å². The monoisotopic (exact) mass is 194 g/mol. The van der Waals surface area contributed by atoms with E-state index in [4.69, 9.17) is 10.5 Å². The molecule has 0 saturated carbocycles. The molecule has 4 nitrogen and oxygen atoms in total. The van der Waals surface area contributed by atoms with Crippen molar-refractivity contribution in [2.24, 2.45) is 5.73 Å². The number of rotatable bonds is 1. The number of carbonyl (C=O) groups is 1. The maximum Gasteiger partial charge on any atom is 0.219 e. The summed E-state index contributed by atoms with van der Waals surface area (Å²) in [5.41, 5.74) is 5.40. The molecule has 0 aromatic carbocycles. The average molecular weight is 195 g/mol. The summed E-state index contributed by atoms with van der Waals surface area (Å²) in [6.45, 7) is 4.02. The van der Waals surface area contributed by atoms with Gasteiger partial charge in [-0.2, -0.15) is 0 Å². The van der Waals surface area contributed by atoms with E-state index in [2.05, 4.69) is 0 Å². The molecule has 0 spiro atoms. The number of carbonyl (C=O) groups excluding carboxylic acids is 1. The lowest BCUT2D eigenvalue weighted by molar-refractivity contribution is -0.135. The van der Waals surface area contributed by atoms with Crippen LogP contribution in [0.25, 0.3) is 0 Å². The number of ether oxygens (including phenoxy) is 1. The molecule has 72 valence electrons. The largest absolute Gasteiger partial charge is 0.373 e. The van der Waals surface area contributed by atoms with Gasteiger partial charge in [-0.15, -0.1) is 12.4 Å². The first-order chi connectivity index (χ1) is 5.24. The Morgan fingerprint density at radius 1 is 1.75 bits per heavy atom. The van der Waals surface area contributed by atoms with Crippen molar-refractivity contribution in [1.29, 1.82) is 0 Å². The van der Waals surface area contributed by atoms with E-state index in [1.54, 1.807) is 11.8 Å². The van der Waals surface area contributed by atoms with E-state index in [9.17, 15) is 4.79 Å². The first kappa shape index (κ1) is 11.7. The van der Waals surface area contributed by atoms with Crippen molar-refractivity contribution in [3.8, 4) is 0 Å². The summed E-state index contributed by atoms with van der Waals surface area (Å²) in [5.74, 6) is 0.103. The van der Waals surface area contributed by atoms with Crippen LogP contribution in [0.5, 0.6) is 0 Å². The van der Waals surface area contributed by atoms with Crippen LogP contribution in [-0.2, 0) is 9.53 Å². The smallest absolute Gasteiger partial charge is 0.219 e. The number of hydrogen-bond acceptors (Lipinski definition) is 3. The van der Waals surface area contributed by atoms with E-state index >= 15 is 0 Å². The van der Waals surface area contributed by atoms with Gasteiger partial charge in [0.2, 0.25) is 5.91 Å². The highest BCUT2D eigenvalue weighted by molar-refractivity contribution is 5.85. The van der Waals surface area contributed by atoms with Gasteiger partial charge in [-0.25, -0.2) is 0 Å². The Balaban J connectivity index is 0.00000121. The van der Waals surface area contributed by atoms with E-state index in [1.165, 1.54) is 0 Å². The Morgan fingerprint density at radius 2 is 2.42 bits per heavy atom. The Morgan fingerprint density at radius 3 is 2.92 bits per heavy atom. The number of nitrogens with two attached hydrogens (primary N) is 1. The van der Waals surface area contributed by atoms with Crippen LogP contribution in [0.3, 0.4) is 0 Å². The first-order valence-electron chi connectivity index (χ1n) is 3.81. The van der Waals surface area contributed by atoms with Crippen molar-refractivity contribution in [1.82, 2.24) is 4.90 Å². The van der Waals surface area contributed by atoms with Gasteiger partial charge in [0.25, 0.3) is 0 Å². The third-order valence-electron chi connectivity index (χ3n) is 1.85. The summed E-state index contributed by atoms with van der Waals surface area (Å²) in [4.78, 5) is 12.7. The summed E-state index contributed by atoms with van der Waals surface area (Å²) in [7, 11) is 0. The topological polar surface area (TPSA) is 55.6 Å². The van der Waals surface area contributed by atoms with Crippen molar-refractivity contribution < 1.29 is 9.53 Å². The maximum atomic E-state index is 10.9. The summed E-state index contributed by atoms with van der Waals surface area (Å²) < 4.78 is 5.29. The van der Waals surface area contributed by atoms with Crippen molar-refractivity contribution in [3.63, 3.8) is 0 Å². The van der Waals surface area contributed by atoms with Crippen LogP contribution in [0.1, 0.15) is 6.92 Å². The van der Waals surface area contributed by atoms with E-state index in [1.807, 2.05) is 0 Å². The maximum absolute atomic E-state index is 10.9. The normalized spacial score (nSPS) is 23.2. The zero-order valence-electron chi connectivity index (χ0n) is 7.16. The fraction of sp³-hybridized carbons (Fsp3) is 0.857. The molecule has 1 rings (SSSR count). The molecule has 0 aliphatic carbocycles. The summed E-state index contributed by atoms with van der Waals surface area (Å²) >= 11 is 0. The van der Waals surface area contributed by atoms with Crippen LogP contribution in [0.15, 0.2) is 0 Å². The van der Waals surface area contributed by atoms with Gasteiger partial charge < -0.3 is 15.4 Å². The lowest BCUT2D eigenvalue weighted by atomic mass is 10.3. The molecule has 1 saturated heterocycles. The minimum atomic E-state index is 0. The molecule has 0 bridgehead atoms. The first-order valence-corrected chi connectivity index (χ1v) is 3.81. The summed E-state index contributed by atoms with van der Waals surface area (Å²) in [5, 5.41) is 0. The Kier molecular flexibility index (Phi) is 5.20. The molecule has 0 radical (unpaired) electrons. The Hall–Kier alpha value is -0.320. The van der Waals surface area contributed by atoms with Crippen LogP contribution in [0.4, 0.5) is 0 Å². The fourth-order valence-electron chi connectivity index (χ4n) is 1.15. The number of nitrogens with zero attached hydrogens (tertiary/aromatic N) is 1. The highest BCUT2D eigenvalue weighted by Crippen LogP contribution is 2.03. The second-order valence-electron chi connectivity index (χ2n) is 2.69. The Labute approximate surface area is 78.5 Å². The van der Waals surface area contributed by atoms with Gasteiger partial charge in [0.1, 0.15) is 0 Å². The zero-order chi connectivity index (χ0) is 8.27. The summed E-state index contributed by atoms with van der Waals surface area (Å²) in [6.07, 6.45) is 0.0349. The molecule has 5 heteroatoms. The predicted molar refractivity (Wildman–Crippen MR) is 48.3 cm³/mol. The molecule has 1 fully saturated rings. The van der Waals surface area contributed by atoms with Gasteiger partial charge in [0.05, 0.1) is 12.7 Å². The van der Waals surface area contributed by atoms with Crippen LogP contribution in [0, 0.1) is 0 Å². The quantitative estimate of drug-likeness (QED) is 0.619. The lowest BCUT2D eigenvalue weighted by Crippen LogP contribution is -2.47. The standard InChI is InChI=1S/C7H14N2O2.ClH/c1-6(10)9-2-3-11-7(4-8)5-9;/h7H,2-5,8H2,1H3;1H. The SMILES string of the molecule is CC(=O)N1CCOC(CN)C1.Cl. The van der Waals surface area contributed by atoms with E-state index in [0.29, 0.717) is 26.2 Å². The molecule has 1 aliphatic heterocycles. The Bertz CT molecular complexity index is 154. The molecule has 1 amide bonds. The minimum Gasteiger partial charge on any atom is -0.373 e. The van der Waals surface area contributed by atoms with E-state index in [0.717, 1.165) is 0 Å². The molecular formula is C7H15ClN2O2. The van der Waals surface area contributed by atoms with Crippen LogP contribution < -0.4 is 5.73 Å². The lowest BCUT2D eigenvalue weighted by Gasteiger charge is -2.31. The van der Waals surface area contributed by atoms with Crippen LogP contribution in [0.2, 0.25) is 0 Å². The van der Waals surface area contributed by atoms with Gasteiger partial charge in [-0.1, -0.05) is 0 Å². The number of halogens is 1. The van der Waals surface area contributed by atoms with Crippen molar-refractivity contribution in [2.45, 2.75) is 13.0 Å². The van der Waals surface area contributed by atoms with Crippen molar-refractivity contribution >= 4 is 18.3 Å². The van der Waals surface area contributed by atoms with Gasteiger partial charge in [0, 0.05) is 26.6 Å². The second-order valence-corrected chi connectivity index (χ2v) is 2.69. The minimum absolute atomic E-state index is 0. The van der Waals surface area contributed by atoms with Gasteiger partial charge in [0.15, 0.2) is 0 Å². The average Bonchev–Trinajstić information content (AvgIpc) is 2.05. The zero-order valence-corrected chi connectivity index (χ0v) is 7.97. The predicted octanol–water partition coefficient (Wildman–Crippen LogP) is -0.386. The third-order valence-corrected chi connectivity index (χ3v) is 1.85. The van der Waals surface area contributed by atoms with Crippen LogP contribution in [-0.4, -0.2) is 43.2 Å². The van der Waals surface area contributed by atoms with Gasteiger partial charge in [-0.05, 0) is 0 Å². The second kappa shape index (κ2) is 5.35. The molecule has 1 unspecified atom stereocenters. The molecule has 1 atom stereocenters. The van der Waals surface area contributed by atoms with Crippen molar-refractivity contribution in [3.05, 3.63) is 0 Å². The molecule has 12 heavy (non-hydrogen) atoms. The molecule has 2 N–H and O–H groups in total. The van der Waals surface area contributed by atoms with Crippen LogP contribution >= 0.6 is 12.4 Å². The van der Waals surface area contributed by atoms with Crippen molar-refractivity contribution in [2.75, 3.05) is 26.2 Å². The summed E-state index contributed by atoms with van der Waals surface area (Å²) in [6, 6.07) is 0. The number of amides is 1. The molecular weight excluding hydrogens is 180 g/mol. The molecule has 1 aliphatic rings. The van der Waals surface area contributed by atoms with Gasteiger partial charge in [-0.3, -0.25) is 4.79 Å². The fourth-order valence-corrected chi connectivity index (χ4v) is 1.15. The van der Waals surface area contributed by atoms with E-state index < -0.39 is 0 Å². The molecule has 0 aromatic rings.